The van der Waals surface area contributed by atoms with E-state index in [-0.39, 0.29) is 18.3 Å². The number of aliphatic hydroxyl groups is 1. The molecule has 0 aromatic heterocycles. The van der Waals surface area contributed by atoms with Crippen LogP contribution in [-0.2, 0) is 11.3 Å². The molecule has 0 bridgehead atoms. The Balaban J connectivity index is 2.06. The Hall–Kier alpha value is -1.66. The fraction of sp³-hybridized carbons (Fsp3) is 0.650. The zero-order valence-corrected chi connectivity index (χ0v) is 16.3. The van der Waals surface area contributed by atoms with Crippen LogP contribution < -0.4 is 4.74 Å². The SMILES string of the molecule is COc1ccc(F)c(CN2CCC[C@](O)(CN(C)CCC(C)C)C2=O)c1. The Kier molecular flexibility index (Phi) is 7.01. The van der Waals surface area contributed by atoms with E-state index in [0.717, 1.165) is 13.0 Å². The van der Waals surface area contributed by atoms with Crippen LogP contribution >= 0.6 is 0 Å². The fourth-order valence-electron chi connectivity index (χ4n) is 3.37. The lowest BCUT2D eigenvalue weighted by molar-refractivity contribution is -0.159. The van der Waals surface area contributed by atoms with E-state index in [4.69, 9.17) is 4.74 Å². The molecule has 1 amide bonds. The molecule has 1 aromatic carbocycles. The third kappa shape index (κ3) is 5.17. The normalized spacial score (nSPS) is 20.9. The molecule has 1 aliphatic rings. The maximum absolute atomic E-state index is 14.1. The Morgan fingerprint density at radius 3 is 2.81 bits per heavy atom. The number of benzene rings is 1. The van der Waals surface area contributed by atoms with E-state index in [2.05, 4.69) is 13.8 Å². The Morgan fingerprint density at radius 1 is 1.42 bits per heavy atom. The van der Waals surface area contributed by atoms with Gasteiger partial charge < -0.3 is 19.6 Å². The molecule has 1 aliphatic heterocycles. The van der Waals surface area contributed by atoms with Crippen molar-refractivity contribution in [2.45, 2.75) is 45.3 Å². The van der Waals surface area contributed by atoms with Crippen LogP contribution in [0.3, 0.4) is 0 Å². The molecule has 0 saturated carbocycles. The molecule has 1 N–H and O–H groups in total. The summed E-state index contributed by atoms with van der Waals surface area (Å²) in [6, 6.07) is 4.50. The second-order valence-electron chi connectivity index (χ2n) is 7.74. The molecule has 0 spiro atoms. The Bertz CT molecular complexity index is 623. The van der Waals surface area contributed by atoms with Crippen LogP contribution in [0, 0.1) is 11.7 Å². The van der Waals surface area contributed by atoms with Crippen molar-refractivity contribution in [3.8, 4) is 5.75 Å². The summed E-state index contributed by atoms with van der Waals surface area (Å²) in [6.45, 7) is 6.10. The van der Waals surface area contributed by atoms with Gasteiger partial charge >= 0.3 is 0 Å². The molecule has 1 atom stereocenters. The number of halogens is 1. The van der Waals surface area contributed by atoms with Crippen LogP contribution in [0.2, 0.25) is 0 Å². The molecule has 1 aromatic rings. The molecular weight excluding hydrogens is 335 g/mol. The number of ether oxygens (including phenoxy) is 1. The lowest BCUT2D eigenvalue weighted by atomic mass is 9.90. The van der Waals surface area contributed by atoms with Gasteiger partial charge in [0.2, 0.25) is 0 Å². The molecule has 1 saturated heterocycles. The van der Waals surface area contributed by atoms with Crippen molar-refractivity contribution >= 4 is 5.91 Å². The van der Waals surface area contributed by atoms with E-state index in [1.807, 2.05) is 11.9 Å². The molecule has 0 aliphatic carbocycles. The quantitative estimate of drug-likeness (QED) is 0.769. The number of methoxy groups -OCH3 is 1. The van der Waals surface area contributed by atoms with Crippen molar-refractivity contribution in [2.24, 2.45) is 5.92 Å². The molecule has 0 unspecified atom stereocenters. The molecule has 5 nitrogen and oxygen atoms in total. The van der Waals surface area contributed by atoms with E-state index in [1.54, 1.807) is 17.0 Å². The summed E-state index contributed by atoms with van der Waals surface area (Å²) in [7, 11) is 3.45. The van der Waals surface area contributed by atoms with Gasteiger partial charge in [-0.05, 0) is 57.0 Å². The van der Waals surface area contributed by atoms with Gasteiger partial charge in [-0.1, -0.05) is 13.8 Å². The maximum Gasteiger partial charge on any atom is 0.256 e. The highest BCUT2D eigenvalue weighted by Crippen LogP contribution is 2.27. The molecule has 1 heterocycles. The van der Waals surface area contributed by atoms with Crippen molar-refractivity contribution in [1.82, 2.24) is 9.80 Å². The second-order valence-corrected chi connectivity index (χ2v) is 7.74. The number of carbonyl (C=O) groups excluding carboxylic acids is 1. The minimum absolute atomic E-state index is 0.139. The average Bonchev–Trinajstić information content (AvgIpc) is 2.59. The molecule has 6 heteroatoms. The van der Waals surface area contributed by atoms with E-state index < -0.39 is 5.60 Å². The van der Waals surface area contributed by atoms with Gasteiger partial charge in [0, 0.05) is 25.2 Å². The lowest BCUT2D eigenvalue weighted by Crippen LogP contribution is -2.58. The summed E-state index contributed by atoms with van der Waals surface area (Å²) in [5, 5.41) is 10.9. The van der Waals surface area contributed by atoms with Gasteiger partial charge in [0.25, 0.3) is 5.91 Å². The zero-order valence-electron chi connectivity index (χ0n) is 16.3. The minimum Gasteiger partial charge on any atom is -0.497 e. The predicted octanol–water partition coefficient (Wildman–Crippen LogP) is 2.67. The molecule has 0 radical (unpaired) electrons. The van der Waals surface area contributed by atoms with Gasteiger partial charge in [-0.15, -0.1) is 0 Å². The molecule has 1 fully saturated rings. The van der Waals surface area contributed by atoms with E-state index in [0.29, 0.717) is 43.2 Å². The van der Waals surface area contributed by atoms with Crippen molar-refractivity contribution in [3.63, 3.8) is 0 Å². The summed E-state index contributed by atoms with van der Waals surface area (Å²) >= 11 is 0. The van der Waals surface area contributed by atoms with E-state index in [1.165, 1.54) is 13.2 Å². The average molecular weight is 366 g/mol. The summed E-state index contributed by atoms with van der Waals surface area (Å²) in [4.78, 5) is 16.4. The smallest absolute Gasteiger partial charge is 0.256 e. The first kappa shape index (κ1) is 20.6. The number of hydrogen-bond acceptors (Lipinski definition) is 4. The highest BCUT2D eigenvalue weighted by atomic mass is 19.1. The number of nitrogens with zero attached hydrogens (tertiary/aromatic N) is 2. The van der Waals surface area contributed by atoms with Crippen LogP contribution in [-0.4, -0.2) is 60.2 Å². The Labute approximate surface area is 155 Å². The number of likely N-dealkylation sites (tertiary alicyclic amines) is 1. The van der Waals surface area contributed by atoms with Gasteiger partial charge in [-0.3, -0.25) is 4.79 Å². The van der Waals surface area contributed by atoms with Crippen molar-refractivity contribution < 1.29 is 19.0 Å². The number of likely N-dealkylation sites (N-methyl/N-ethyl adjacent to an activating group) is 1. The van der Waals surface area contributed by atoms with Gasteiger partial charge in [-0.25, -0.2) is 4.39 Å². The number of piperidine rings is 1. The predicted molar refractivity (Wildman–Crippen MR) is 99.5 cm³/mol. The van der Waals surface area contributed by atoms with Crippen LogP contribution in [0.25, 0.3) is 0 Å². The van der Waals surface area contributed by atoms with Gasteiger partial charge in [-0.2, -0.15) is 0 Å². The minimum atomic E-state index is -1.40. The lowest BCUT2D eigenvalue weighted by Gasteiger charge is -2.40. The molecular formula is C20H31FN2O3. The van der Waals surface area contributed by atoms with Crippen LogP contribution in [0.4, 0.5) is 4.39 Å². The van der Waals surface area contributed by atoms with E-state index >= 15 is 0 Å². The molecule has 146 valence electrons. The third-order valence-electron chi connectivity index (χ3n) is 4.94. The van der Waals surface area contributed by atoms with Gasteiger partial charge in [0.05, 0.1) is 7.11 Å². The highest BCUT2D eigenvalue weighted by molar-refractivity contribution is 5.86. The molecule has 2 rings (SSSR count). The Morgan fingerprint density at radius 2 is 2.15 bits per heavy atom. The zero-order chi connectivity index (χ0) is 19.3. The van der Waals surface area contributed by atoms with Crippen LogP contribution in [0.1, 0.15) is 38.7 Å². The monoisotopic (exact) mass is 366 g/mol. The molecule has 26 heavy (non-hydrogen) atoms. The van der Waals surface area contributed by atoms with Gasteiger partial charge in [0.15, 0.2) is 5.60 Å². The number of amides is 1. The first-order chi connectivity index (χ1) is 12.2. The number of carbonyl (C=O) groups is 1. The highest BCUT2D eigenvalue weighted by Gasteiger charge is 2.42. The van der Waals surface area contributed by atoms with Gasteiger partial charge in [0.1, 0.15) is 11.6 Å². The second kappa shape index (κ2) is 8.82. The fourth-order valence-corrected chi connectivity index (χ4v) is 3.37. The van der Waals surface area contributed by atoms with E-state index in [9.17, 15) is 14.3 Å². The largest absolute Gasteiger partial charge is 0.497 e. The standard InChI is InChI=1S/C20H31FN2O3/c1-15(2)8-11-22(3)14-20(25)9-5-10-23(19(20)24)13-16-12-17(26-4)6-7-18(16)21/h6-7,12,15,25H,5,8-11,13-14H2,1-4H3/t20-/m0/s1. The van der Waals surface area contributed by atoms with Crippen molar-refractivity contribution in [1.29, 1.82) is 0 Å². The summed E-state index contributed by atoms with van der Waals surface area (Å²) in [5.41, 5.74) is -1.01. The number of hydrogen-bond donors (Lipinski definition) is 1. The first-order valence-electron chi connectivity index (χ1n) is 9.28. The first-order valence-corrected chi connectivity index (χ1v) is 9.28. The summed E-state index contributed by atoms with van der Waals surface area (Å²) < 4.78 is 19.2. The third-order valence-corrected chi connectivity index (χ3v) is 4.94. The summed E-state index contributed by atoms with van der Waals surface area (Å²) in [6.07, 6.45) is 2.15. The number of rotatable bonds is 8. The van der Waals surface area contributed by atoms with Crippen molar-refractivity contribution in [3.05, 3.63) is 29.6 Å². The summed E-state index contributed by atoms with van der Waals surface area (Å²) in [5.74, 6) is 0.431. The van der Waals surface area contributed by atoms with Crippen LogP contribution in [0.5, 0.6) is 5.75 Å². The maximum atomic E-state index is 14.1. The van der Waals surface area contributed by atoms with Crippen molar-refractivity contribution in [2.75, 3.05) is 33.8 Å². The van der Waals surface area contributed by atoms with Crippen LogP contribution in [0.15, 0.2) is 18.2 Å². The topological polar surface area (TPSA) is 53.0 Å².